The Bertz CT molecular complexity index is 862. The summed E-state index contributed by atoms with van der Waals surface area (Å²) in [4.78, 5) is 16.5. The minimum atomic E-state index is -0.262. The molecular formula is C19H17ClN2O2S. The van der Waals surface area contributed by atoms with Gasteiger partial charge in [-0.3, -0.25) is 10.1 Å². The van der Waals surface area contributed by atoms with E-state index in [-0.39, 0.29) is 12.5 Å². The first-order chi connectivity index (χ1) is 12.1. The van der Waals surface area contributed by atoms with Gasteiger partial charge >= 0.3 is 0 Å². The zero-order chi connectivity index (χ0) is 17.6. The Hall–Kier alpha value is -2.37. The highest BCUT2D eigenvalue weighted by Gasteiger charge is 2.09. The first-order valence-electron chi connectivity index (χ1n) is 7.87. The summed E-state index contributed by atoms with van der Waals surface area (Å²) in [6.45, 7) is 2.03. The van der Waals surface area contributed by atoms with Crippen molar-refractivity contribution in [1.82, 2.24) is 4.98 Å². The van der Waals surface area contributed by atoms with Crippen molar-refractivity contribution >= 4 is 34.0 Å². The highest BCUT2D eigenvalue weighted by molar-refractivity contribution is 7.14. The number of halogens is 1. The van der Waals surface area contributed by atoms with E-state index in [2.05, 4.69) is 29.4 Å². The molecule has 0 fully saturated rings. The van der Waals surface area contributed by atoms with E-state index in [0.717, 1.165) is 17.7 Å². The molecule has 6 heteroatoms. The molecule has 0 aliphatic heterocycles. The lowest BCUT2D eigenvalue weighted by atomic mass is 10.1. The van der Waals surface area contributed by atoms with Gasteiger partial charge < -0.3 is 4.74 Å². The monoisotopic (exact) mass is 372 g/mol. The number of hydrogen-bond acceptors (Lipinski definition) is 4. The quantitative estimate of drug-likeness (QED) is 0.659. The molecule has 1 amide bonds. The SMILES string of the molecule is CCc1ccc(-c2csc(NC(=O)COc3cccc(Cl)c3)n2)cc1. The molecule has 2 aromatic carbocycles. The molecule has 3 rings (SSSR count). The molecule has 4 nitrogen and oxygen atoms in total. The van der Waals surface area contributed by atoms with Crippen LogP contribution < -0.4 is 10.1 Å². The Kier molecular flexibility index (Phi) is 5.68. The number of ether oxygens (including phenoxy) is 1. The van der Waals surface area contributed by atoms with Gasteiger partial charge in [-0.1, -0.05) is 48.9 Å². The molecular weight excluding hydrogens is 356 g/mol. The van der Waals surface area contributed by atoms with Crippen molar-refractivity contribution < 1.29 is 9.53 Å². The normalized spacial score (nSPS) is 10.5. The highest BCUT2D eigenvalue weighted by Crippen LogP contribution is 2.25. The van der Waals surface area contributed by atoms with Crippen molar-refractivity contribution in [3.05, 3.63) is 64.5 Å². The van der Waals surface area contributed by atoms with E-state index in [9.17, 15) is 4.79 Å². The van der Waals surface area contributed by atoms with Crippen molar-refractivity contribution in [3.63, 3.8) is 0 Å². The van der Waals surface area contributed by atoms with Gasteiger partial charge in [0.1, 0.15) is 5.75 Å². The van der Waals surface area contributed by atoms with Crippen molar-refractivity contribution in [2.24, 2.45) is 0 Å². The third-order valence-corrected chi connectivity index (χ3v) is 4.57. The first-order valence-corrected chi connectivity index (χ1v) is 9.13. The molecule has 0 aliphatic rings. The van der Waals surface area contributed by atoms with E-state index >= 15 is 0 Å². The lowest BCUT2D eigenvalue weighted by Gasteiger charge is -2.05. The molecule has 0 atom stereocenters. The fraction of sp³-hybridized carbons (Fsp3) is 0.158. The Labute approximate surface area is 155 Å². The number of hydrogen-bond donors (Lipinski definition) is 1. The Morgan fingerprint density at radius 3 is 2.76 bits per heavy atom. The van der Waals surface area contributed by atoms with Crippen LogP contribution in [0, 0.1) is 0 Å². The molecule has 0 saturated heterocycles. The first kappa shape index (κ1) is 17.5. The van der Waals surface area contributed by atoms with Crippen LogP contribution in [0.25, 0.3) is 11.3 Å². The van der Waals surface area contributed by atoms with Gasteiger partial charge in [0.25, 0.3) is 5.91 Å². The van der Waals surface area contributed by atoms with Gasteiger partial charge in [0.05, 0.1) is 5.69 Å². The number of anilines is 1. The lowest BCUT2D eigenvalue weighted by molar-refractivity contribution is -0.118. The summed E-state index contributed by atoms with van der Waals surface area (Å²) in [7, 11) is 0. The summed E-state index contributed by atoms with van der Waals surface area (Å²) < 4.78 is 5.42. The number of amides is 1. The number of aromatic nitrogens is 1. The van der Waals surface area contributed by atoms with Crippen LogP contribution in [0.15, 0.2) is 53.9 Å². The Balaban J connectivity index is 1.57. The molecule has 0 saturated carbocycles. The fourth-order valence-corrected chi connectivity index (χ4v) is 3.15. The molecule has 1 heterocycles. The van der Waals surface area contributed by atoms with Crippen LogP contribution in [0.5, 0.6) is 5.75 Å². The maximum atomic E-state index is 12.0. The number of nitrogens with one attached hydrogen (secondary N) is 1. The topological polar surface area (TPSA) is 51.2 Å². The number of carbonyl (C=O) groups is 1. The zero-order valence-electron chi connectivity index (χ0n) is 13.7. The minimum absolute atomic E-state index is 0.0968. The second-order valence-electron chi connectivity index (χ2n) is 5.38. The summed E-state index contributed by atoms with van der Waals surface area (Å²) >= 11 is 7.27. The summed E-state index contributed by atoms with van der Waals surface area (Å²) in [6, 6.07) is 15.2. The van der Waals surface area contributed by atoms with Gasteiger partial charge in [-0.05, 0) is 30.2 Å². The molecule has 128 valence electrons. The largest absolute Gasteiger partial charge is 0.484 e. The Morgan fingerprint density at radius 2 is 2.04 bits per heavy atom. The van der Waals surface area contributed by atoms with Crippen LogP contribution in [0.1, 0.15) is 12.5 Å². The highest BCUT2D eigenvalue weighted by atomic mass is 35.5. The minimum Gasteiger partial charge on any atom is -0.484 e. The van der Waals surface area contributed by atoms with Crippen molar-refractivity contribution in [2.45, 2.75) is 13.3 Å². The van der Waals surface area contributed by atoms with Crippen LogP contribution in [-0.2, 0) is 11.2 Å². The van der Waals surface area contributed by atoms with E-state index in [1.165, 1.54) is 16.9 Å². The second-order valence-corrected chi connectivity index (χ2v) is 6.68. The van der Waals surface area contributed by atoms with Crippen LogP contribution in [-0.4, -0.2) is 17.5 Å². The molecule has 0 unspecified atom stereocenters. The third kappa shape index (κ3) is 4.81. The summed E-state index contributed by atoms with van der Waals surface area (Å²) in [5, 5.41) is 5.79. The number of benzene rings is 2. The van der Waals surface area contributed by atoms with Crippen LogP contribution >= 0.6 is 22.9 Å². The average molecular weight is 373 g/mol. The molecule has 0 aliphatic carbocycles. The predicted molar refractivity (Wildman–Crippen MR) is 103 cm³/mol. The van der Waals surface area contributed by atoms with E-state index in [1.54, 1.807) is 24.3 Å². The maximum absolute atomic E-state index is 12.0. The van der Waals surface area contributed by atoms with Crippen molar-refractivity contribution in [2.75, 3.05) is 11.9 Å². The van der Waals surface area contributed by atoms with E-state index < -0.39 is 0 Å². The number of thiazole rings is 1. The van der Waals surface area contributed by atoms with E-state index in [4.69, 9.17) is 16.3 Å². The average Bonchev–Trinajstić information content (AvgIpc) is 3.08. The van der Waals surface area contributed by atoms with Gasteiger partial charge in [0, 0.05) is 16.0 Å². The predicted octanol–water partition coefficient (Wildman–Crippen LogP) is 5.04. The molecule has 0 bridgehead atoms. The van der Waals surface area contributed by atoms with Gasteiger partial charge in [0.2, 0.25) is 0 Å². The van der Waals surface area contributed by atoms with Gasteiger partial charge in [0.15, 0.2) is 11.7 Å². The Morgan fingerprint density at radius 1 is 1.24 bits per heavy atom. The summed E-state index contributed by atoms with van der Waals surface area (Å²) in [6.07, 6.45) is 1.01. The maximum Gasteiger partial charge on any atom is 0.264 e. The number of carbonyl (C=O) groups excluding carboxylic acids is 1. The van der Waals surface area contributed by atoms with Gasteiger partial charge in [-0.15, -0.1) is 11.3 Å². The standard InChI is InChI=1S/C19H17ClN2O2S/c1-2-13-6-8-14(9-7-13)17-12-25-19(21-17)22-18(23)11-24-16-5-3-4-15(20)10-16/h3-10,12H,2,11H2,1H3,(H,21,22,23). The molecule has 25 heavy (non-hydrogen) atoms. The fourth-order valence-electron chi connectivity index (χ4n) is 2.24. The molecule has 3 aromatic rings. The zero-order valence-corrected chi connectivity index (χ0v) is 15.2. The lowest BCUT2D eigenvalue weighted by Crippen LogP contribution is -2.20. The van der Waals surface area contributed by atoms with Crippen LogP contribution in [0.4, 0.5) is 5.13 Å². The number of rotatable bonds is 6. The van der Waals surface area contributed by atoms with Crippen molar-refractivity contribution in [3.8, 4) is 17.0 Å². The summed E-state index contributed by atoms with van der Waals surface area (Å²) in [5.41, 5.74) is 3.16. The molecule has 1 N–H and O–H groups in total. The van der Waals surface area contributed by atoms with E-state index in [1.807, 2.05) is 17.5 Å². The van der Waals surface area contributed by atoms with E-state index in [0.29, 0.717) is 15.9 Å². The second kappa shape index (κ2) is 8.14. The van der Waals surface area contributed by atoms with Gasteiger partial charge in [-0.2, -0.15) is 0 Å². The van der Waals surface area contributed by atoms with Gasteiger partial charge in [-0.25, -0.2) is 4.98 Å². The van der Waals surface area contributed by atoms with Crippen LogP contribution in [0.3, 0.4) is 0 Å². The molecule has 0 radical (unpaired) electrons. The smallest absolute Gasteiger partial charge is 0.264 e. The summed E-state index contributed by atoms with van der Waals surface area (Å²) in [5.74, 6) is 0.292. The van der Waals surface area contributed by atoms with Crippen molar-refractivity contribution in [1.29, 1.82) is 0 Å². The molecule has 1 aromatic heterocycles. The van der Waals surface area contributed by atoms with Crippen LogP contribution in [0.2, 0.25) is 5.02 Å². The third-order valence-electron chi connectivity index (χ3n) is 3.57. The molecule has 0 spiro atoms. The number of nitrogens with zero attached hydrogens (tertiary/aromatic N) is 1. The number of aryl methyl sites for hydroxylation is 1.